The minimum atomic E-state index is -4.13. The van der Waals surface area contributed by atoms with E-state index in [1.54, 1.807) is 7.11 Å². The van der Waals surface area contributed by atoms with Gasteiger partial charge in [0.1, 0.15) is 0 Å². The maximum absolute atomic E-state index is 12.5. The number of rotatable bonds is 6. The highest BCUT2D eigenvalue weighted by molar-refractivity contribution is 5.78. The predicted octanol–water partition coefficient (Wildman–Crippen LogP) is 1.84. The van der Waals surface area contributed by atoms with E-state index in [-0.39, 0.29) is 30.7 Å². The quantitative estimate of drug-likeness (QED) is 0.786. The Balaban J connectivity index is 2.23. The molecule has 1 atom stereocenters. The summed E-state index contributed by atoms with van der Waals surface area (Å²) in [5, 5.41) is 2.74. The molecule has 0 aromatic carbocycles. The topological polar surface area (TPSA) is 64.3 Å². The van der Waals surface area contributed by atoms with Gasteiger partial charge in [-0.05, 0) is 32.1 Å². The molecule has 4 nitrogen and oxygen atoms in total. The van der Waals surface area contributed by atoms with Crippen molar-refractivity contribution in [3.63, 3.8) is 0 Å². The monoisotopic (exact) mass is 296 g/mol. The summed E-state index contributed by atoms with van der Waals surface area (Å²) in [6.07, 6.45) is -2.83. The van der Waals surface area contributed by atoms with Gasteiger partial charge in [-0.2, -0.15) is 13.2 Å². The van der Waals surface area contributed by atoms with E-state index in [9.17, 15) is 18.0 Å². The number of halogens is 3. The van der Waals surface area contributed by atoms with Gasteiger partial charge >= 0.3 is 6.18 Å². The number of carbonyl (C=O) groups is 1. The van der Waals surface area contributed by atoms with E-state index in [1.165, 1.54) is 0 Å². The van der Waals surface area contributed by atoms with Crippen LogP contribution in [0.5, 0.6) is 0 Å². The van der Waals surface area contributed by atoms with Gasteiger partial charge in [0, 0.05) is 25.6 Å². The molecule has 0 aromatic rings. The van der Waals surface area contributed by atoms with Gasteiger partial charge in [0.15, 0.2) is 0 Å². The fourth-order valence-electron chi connectivity index (χ4n) is 2.51. The summed E-state index contributed by atoms with van der Waals surface area (Å²) in [4.78, 5) is 11.8. The van der Waals surface area contributed by atoms with Gasteiger partial charge in [0.2, 0.25) is 5.91 Å². The average Bonchev–Trinajstić information content (AvgIpc) is 2.38. The Morgan fingerprint density at radius 1 is 1.35 bits per heavy atom. The maximum atomic E-state index is 12.5. The highest BCUT2D eigenvalue weighted by atomic mass is 19.4. The van der Waals surface area contributed by atoms with Gasteiger partial charge in [-0.15, -0.1) is 0 Å². The summed E-state index contributed by atoms with van der Waals surface area (Å²) in [5.41, 5.74) is 5.71. The fraction of sp³-hybridized carbons (Fsp3) is 0.923. The van der Waals surface area contributed by atoms with Crippen molar-refractivity contribution in [3.05, 3.63) is 0 Å². The van der Waals surface area contributed by atoms with Gasteiger partial charge in [0.25, 0.3) is 0 Å². The molecule has 1 saturated carbocycles. The zero-order valence-corrected chi connectivity index (χ0v) is 11.7. The van der Waals surface area contributed by atoms with E-state index < -0.39 is 12.1 Å². The summed E-state index contributed by atoms with van der Waals surface area (Å²) in [6.45, 7) is 0.856. The Kier molecular flexibility index (Phi) is 6.75. The standard InChI is InChI=1S/C13H23F3N2O2/c1-20-8-11(17)6-7-18-12(19)9-2-4-10(5-3-9)13(14,15)16/h9-11H,2-8,17H2,1H3,(H,18,19). The first-order valence-electron chi connectivity index (χ1n) is 6.93. The summed E-state index contributed by atoms with van der Waals surface area (Å²) in [7, 11) is 1.55. The van der Waals surface area contributed by atoms with Crippen LogP contribution in [0, 0.1) is 11.8 Å². The Bertz CT molecular complexity index is 302. The van der Waals surface area contributed by atoms with E-state index in [0.717, 1.165) is 0 Å². The molecule has 1 unspecified atom stereocenters. The Hall–Kier alpha value is -0.820. The average molecular weight is 296 g/mol. The first-order valence-corrected chi connectivity index (χ1v) is 6.93. The van der Waals surface area contributed by atoms with Crippen molar-refractivity contribution in [1.82, 2.24) is 5.32 Å². The zero-order chi connectivity index (χ0) is 15.2. The second kappa shape index (κ2) is 7.83. The highest BCUT2D eigenvalue weighted by Crippen LogP contribution is 2.39. The van der Waals surface area contributed by atoms with Crippen molar-refractivity contribution in [3.8, 4) is 0 Å². The van der Waals surface area contributed by atoms with Crippen LogP contribution in [0.3, 0.4) is 0 Å². The summed E-state index contributed by atoms with van der Waals surface area (Å²) in [5.74, 6) is -1.70. The largest absolute Gasteiger partial charge is 0.391 e. The lowest BCUT2D eigenvalue weighted by Gasteiger charge is -2.29. The third-order valence-corrected chi connectivity index (χ3v) is 3.76. The number of nitrogens with two attached hydrogens (primary N) is 1. The third-order valence-electron chi connectivity index (χ3n) is 3.76. The molecule has 0 spiro atoms. The van der Waals surface area contributed by atoms with Crippen LogP contribution >= 0.6 is 0 Å². The van der Waals surface area contributed by atoms with Crippen LogP contribution in [0.1, 0.15) is 32.1 Å². The van der Waals surface area contributed by atoms with Crippen molar-refractivity contribution in [2.24, 2.45) is 17.6 Å². The van der Waals surface area contributed by atoms with Gasteiger partial charge in [-0.1, -0.05) is 0 Å². The molecule has 0 aromatic heterocycles. The van der Waals surface area contributed by atoms with E-state index in [2.05, 4.69) is 5.32 Å². The molecule has 0 radical (unpaired) electrons. The molecule has 0 bridgehead atoms. The first-order chi connectivity index (χ1) is 9.34. The fourth-order valence-corrected chi connectivity index (χ4v) is 2.51. The lowest BCUT2D eigenvalue weighted by molar-refractivity contribution is -0.184. The molecular weight excluding hydrogens is 273 g/mol. The molecule has 1 amide bonds. The van der Waals surface area contributed by atoms with Crippen molar-refractivity contribution < 1.29 is 22.7 Å². The number of hydrogen-bond acceptors (Lipinski definition) is 3. The lowest BCUT2D eigenvalue weighted by Crippen LogP contribution is -2.38. The van der Waals surface area contributed by atoms with E-state index in [0.29, 0.717) is 32.4 Å². The number of carbonyl (C=O) groups excluding carboxylic acids is 1. The van der Waals surface area contributed by atoms with E-state index in [1.807, 2.05) is 0 Å². The van der Waals surface area contributed by atoms with Crippen molar-refractivity contribution >= 4 is 5.91 Å². The van der Waals surface area contributed by atoms with Crippen LogP contribution in [0.25, 0.3) is 0 Å². The summed E-state index contributed by atoms with van der Waals surface area (Å²) in [6, 6.07) is -0.138. The van der Waals surface area contributed by atoms with Gasteiger partial charge < -0.3 is 15.8 Å². The zero-order valence-electron chi connectivity index (χ0n) is 11.7. The number of alkyl halides is 3. The van der Waals surface area contributed by atoms with Crippen LogP contribution in [-0.2, 0) is 9.53 Å². The molecule has 0 heterocycles. The molecule has 1 aliphatic rings. The molecule has 3 N–H and O–H groups in total. The molecule has 118 valence electrons. The molecular formula is C13H23F3N2O2. The summed E-state index contributed by atoms with van der Waals surface area (Å²) >= 11 is 0. The van der Waals surface area contributed by atoms with Gasteiger partial charge in [-0.25, -0.2) is 0 Å². The van der Waals surface area contributed by atoms with Crippen LogP contribution in [0.2, 0.25) is 0 Å². The first kappa shape index (κ1) is 17.2. The number of nitrogens with one attached hydrogen (secondary N) is 1. The Morgan fingerprint density at radius 3 is 2.45 bits per heavy atom. The Morgan fingerprint density at radius 2 is 1.95 bits per heavy atom. The lowest BCUT2D eigenvalue weighted by atomic mass is 9.81. The minimum Gasteiger partial charge on any atom is -0.383 e. The Labute approximate surface area is 117 Å². The molecule has 7 heteroatoms. The number of hydrogen-bond donors (Lipinski definition) is 2. The maximum Gasteiger partial charge on any atom is 0.391 e. The minimum absolute atomic E-state index is 0.0464. The highest BCUT2D eigenvalue weighted by Gasteiger charge is 2.42. The van der Waals surface area contributed by atoms with Crippen LogP contribution in [0.15, 0.2) is 0 Å². The number of methoxy groups -OCH3 is 1. The summed E-state index contributed by atoms with van der Waals surface area (Å²) < 4.78 is 42.4. The number of ether oxygens (including phenoxy) is 1. The SMILES string of the molecule is COCC(N)CCNC(=O)C1CCC(C(F)(F)F)CC1. The molecule has 1 rings (SSSR count). The van der Waals surface area contributed by atoms with Crippen LogP contribution in [-0.4, -0.2) is 38.4 Å². The molecule has 0 aliphatic heterocycles. The van der Waals surface area contributed by atoms with Crippen LogP contribution < -0.4 is 11.1 Å². The van der Waals surface area contributed by atoms with Crippen molar-refractivity contribution in [2.75, 3.05) is 20.3 Å². The molecule has 0 saturated heterocycles. The van der Waals surface area contributed by atoms with Crippen molar-refractivity contribution in [1.29, 1.82) is 0 Å². The number of amides is 1. The molecule has 20 heavy (non-hydrogen) atoms. The second-order valence-electron chi connectivity index (χ2n) is 5.39. The molecule has 1 fully saturated rings. The normalized spacial score (nSPS) is 25.2. The van der Waals surface area contributed by atoms with Crippen molar-refractivity contribution in [2.45, 2.75) is 44.3 Å². The molecule has 1 aliphatic carbocycles. The predicted molar refractivity (Wildman–Crippen MR) is 69.0 cm³/mol. The van der Waals surface area contributed by atoms with Gasteiger partial charge in [-0.3, -0.25) is 4.79 Å². The van der Waals surface area contributed by atoms with Gasteiger partial charge in [0.05, 0.1) is 12.5 Å². The van der Waals surface area contributed by atoms with E-state index >= 15 is 0 Å². The third kappa shape index (κ3) is 5.66. The second-order valence-corrected chi connectivity index (χ2v) is 5.39. The van der Waals surface area contributed by atoms with E-state index in [4.69, 9.17) is 10.5 Å². The smallest absolute Gasteiger partial charge is 0.383 e. The van der Waals surface area contributed by atoms with Crippen LogP contribution in [0.4, 0.5) is 13.2 Å².